The first-order valence-corrected chi connectivity index (χ1v) is 10.4. The fraction of sp³-hybridized carbons (Fsp3) is 0.261. The lowest BCUT2D eigenvalue weighted by atomic mass is 10.1. The second kappa shape index (κ2) is 8.55. The van der Waals surface area contributed by atoms with E-state index in [1.807, 2.05) is 62.6 Å². The molecule has 0 saturated carbocycles. The summed E-state index contributed by atoms with van der Waals surface area (Å²) in [6.45, 7) is 7.59. The summed E-state index contributed by atoms with van der Waals surface area (Å²) < 4.78 is 8.68. The minimum absolute atomic E-state index is 0.136. The van der Waals surface area contributed by atoms with Crippen molar-refractivity contribution in [3.05, 3.63) is 81.1 Å². The van der Waals surface area contributed by atoms with Gasteiger partial charge in [-0.15, -0.1) is 5.10 Å². The normalized spacial score (nSPS) is 11.2. The van der Waals surface area contributed by atoms with Gasteiger partial charge in [-0.2, -0.15) is 4.98 Å². The maximum Gasteiger partial charge on any atom is 0.378 e. The van der Waals surface area contributed by atoms with Crippen LogP contribution in [0.25, 0.3) is 5.78 Å². The van der Waals surface area contributed by atoms with Gasteiger partial charge in [0.05, 0.1) is 0 Å². The van der Waals surface area contributed by atoms with E-state index in [4.69, 9.17) is 16.3 Å². The number of halogens is 1. The summed E-state index contributed by atoms with van der Waals surface area (Å²) in [5.41, 5.74) is 4.71. The van der Waals surface area contributed by atoms with Gasteiger partial charge in [0, 0.05) is 39.9 Å². The lowest BCUT2D eigenvalue weighted by Crippen LogP contribution is -2.16. The van der Waals surface area contributed by atoms with Crippen LogP contribution in [0, 0.1) is 27.7 Å². The molecule has 0 aliphatic heterocycles. The highest BCUT2D eigenvalue weighted by molar-refractivity contribution is 6.31. The second-order valence-corrected chi connectivity index (χ2v) is 8.05. The molecule has 0 unspecified atom stereocenters. The number of carbonyl (C=O) groups is 2. The van der Waals surface area contributed by atoms with Crippen LogP contribution in [0.15, 0.2) is 36.4 Å². The van der Waals surface area contributed by atoms with Crippen LogP contribution in [0.1, 0.15) is 49.3 Å². The van der Waals surface area contributed by atoms with Gasteiger partial charge < -0.3 is 9.30 Å². The van der Waals surface area contributed by atoms with E-state index in [0.717, 1.165) is 28.3 Å². The Kier molecular flexibility index (Phi) is 5.80. The van der Waals surface area contributed by atoms with E-state index in [1.165, 1.54) is 4.52 Å². The average Bonchev–Trinajstić information content (AvgIpc) is 3.30. The van der Waals surface area contributed by atoms with Crippen LogP contribution in [-0.2, 0) is 11.3 Å². The molecule has 4 aromatic rings. The molecule has 0 atom stereocenters. The van der Waals surface area contributed by atoms with Crippen LogP contribution in [0.5, 0.6) is 0 Å². The predicted molar refractivity (Wildman–Crippen MR) is 119 cm³/mol. The third-order valence-corrected chi connectivity index (χ3v) is 5.66. The van der Waals surface area contributed by atoms with Crippen LogP contribution in [-0.4, -0.2) is 42.5 Å². The van der Waals surface area contributed by atoms with E-state index >= 15 is 0 Å². The molecule has 0 aliphatic rings. The van der Waals surface area contributed by atoms with E-state index < -0.39 is 12.6 Å². The van der Waals surface area contributed by atoms with Gasteiger partial charge in [0.25, 0.3) is 11.6 Å². The highest BCUT2D eigenvalue weighted by Crippen LogP contribution is 2.21. The molecule has 0 amide bonds. The van der Waals surface area contributed by atoms with Crippen LogP contribution >= 0.6 is 11.6 Å². The number of carbonyl (C=O) groups excluding carboxylic acids is 2. The van der Waals surface area contributed by atoms with Crippen molar-refractivity contribution in [3.63, 3.8) is 0 Å². The first-order valence-electron chi connectivity index (χ1n) is 10.1. The lowest BCUT2D eigenvalue weighted by Gasteiger charge is -2.11. The number of esters is 1. The Bertz CT molecular complexity index is 1360. The smallest absolute Gasteiger partial charge is 0.378 e. The summed E-state index contributed by atoms with van der Waals surface area (Å²) in [6, 6.07) is 11.2. The molecule has 0 bridgehead atoms. The van der Waals surface area contributed by atoms with Gasteiger partial charge in [-0.3, -0.25) is 4.79 Å². The summed E-state index contributed by atoms with van der Waals surface area (Å²) in [5, 5.41) is 4.80. The molecule has 32 heavy (non-hydrogen) atoms. The number of fused-ring (bicyclic) bond motifs is 1. The number of rotatable bonds is 6. The first kappa shape index (κ1) is 21.7. The van der Waals surface area contributed by atoms with Gasteiger partial charge >= 0.3 is 5.97 Å². The standard InChI is InChI=1S/C23H22ClN5O3/c1-13-9-15(3)29-23(25-13)26-21(27-29)22(31)32-12-20(30)18-10-14(2)28(16(18)4)11-17-7-5-6-8-19(17)24/h5-10H,11-12H2,1-4H3. The molecule has 0 N–H and O–H groups in total. The SMILES string of the molecule is Cc1cc(C)n2nc(C(=O)OCC(=O)c3cc(C)n(Cc4ccccc4Cl)c3C)nc2n1. The molecule has 0 saturated heterocycles. The molecule has 164 valence electrons. The van der Waals surface area contributed by atoms with E-state index in [0.29, 0.717) is 22.9 Å². The second-order valence-electron chi connectivity index (χ2n) is 7.65. The Labute approximate surface area is 189 Å². The summed E-state index contributed by atoms with van der Waals surface area (Å²) in [4.78, 5) is 33.6. The molecule has 1 aromatic carbocycles. The van der Waals surface area contributed by atoms with Crippen molar-refractivity contribution in [1.82, 2.24) is 24.1 Å². The van der Waals surface area contributed by atoms with Gasteiger partial charge in [0.2, 0.25) is 5.78 Å². The maximum atomic E-state index is 12.8. The zero-order chi connectivity index (χ0) is 23.0. The molecular weight excluding hydrogens is 430 g/mol. The number of ketones is 1. The van der Waals surface area contributed by atoms with E-state index in [1.54, 1.807) is 6.07 Å². The van der Waals surface area contributed by atoms with Crippen molar-refractivity contribution in [2.24, 2.45) is 0 Å². The lowest BCUT2D eigenvalue weighted by molar-refractivity contribution is 0.0462. The predicted octanol–water partition coefficient (Wildman–Crippen LogP) is 3.90. The zero-order valence-corrected chi connectivity index (χ0v) is 19.0. The highest BCUT2D eigenvalue weighted by atomic mass is 35.5. The van der Waals surface area contributed by atoms with Crippen LogP contribution in [0.3, 0.4) is 0 Å². The topological polar surface area (TPSA) is 91.4 Å². The molecule has 0 radical (unpaired) electrons. The number of aromatic nitrogens is 5. The number of hydrogen-bond donors (Lipinski definition) is 0. The van der Waals surface area contributed by atoms with Gasteiger partial charge in [-0.25, -0.2) is 14.3 Å². The summed E-state index contributed by atoms with van der Waals surface area (Å²) in [6.07, 6.45) is 0. The maximum absolute atomic E-state index is 12.8. The van der Waals surface area contributed by atoms with Crippen molar-refractivity contribution in [2.75, 3.05) is 6.61 Å². The van der Waals surface area contributed by atoms with Gasteiger partial charge in [-0.05, 0) is 51.5 Å². The molecule has 3 aromatic heterocycles. The van der Waals surface area contributed by atoms with Crippen LogP contribution in [0.4, 0.5) is 0 Å². The monoisotopic (exact) mass is 451 g/mol. The van der Waals surface area contributed by atoms with Gasteiger partial charge in [0.15, 0.2) is 6.61 Å². The van der Waals surface area contributed by atoms with E-state index in [9.17, 15) is 9.59 Å². The van der Waals surface area contributed by atoms with Crippen LogP contribution < -0.4 is 0 Å². The number of hydrogen-bond acceptors (Lipinski definition) is 6. The number of Topliss-reactive ketones (excluding diaryl/α,β-unsaturated/α-hetero) is 1. The van der Waals surface area contributed by atoms with Crippen molar-refractivity contribution in [2.45, 2.75) is 34.2 Å². The molecule has 4 rings (SSSR count). The molecule has 0 fully saturated rings. The van der Waals surface area contributed by atoms with Crippen LogP contribution in [0.2, 0.25) is 5.02 Å². The molecule has 0 spiro atoms. The Balaban J connectivity index is 1.48. The number of benzene rings is 1. The van der Waals surface area contributed by atoms with Crippen molar-refractivity contribution < 1.29 is 14.3 Å². The van der Waals surface area contributed by atoms with Gasteiger partial charge in [0.1, 0.15) is 0 Å². The molecular formula is C23H22ClN5O3. The molecule has 3 heterocycles. The third-order valence-electron chi connectivity index (χ3n) is 5.30. The third kappa shape index (κ3) is 4.13. The largest absolute Gasteiger partial charge is 0.451 e. The number of nitrogens with zero attached hydrogens (tertiary/aromatic N) is 5. The number of aryl methyl sites for hydroxylation is 3. The van der Waals surface area contributed by atoms with Crippen molar-refractivity contribution >= 4 is 29.1 Å². The zero-order valence-electron chi connectivity index (χ0n) is 18.2. The Morgan fingerprint density at radius 2 is 1.78 bits per heavy atom. The highest BCUT2D eigenvalue weighted by Gasteiger charge is 2.21. The number of ether oxygens (including phenoxy) is 1. The Hall–Kier alpha value is -3.52. The fourth-order valence-corrected chi connectivity index (χ4v) is 3.85. The Morgan fingerprint density at radius 1 is 1.03 bits per heavy atom. The summed E-state index contributed by atoms with van der Waals surface area (Å²) >= 11 is 6.28. The quantitative estimate of drug-likeness (QED) is 0.326. The van der Waals surface area contributed by atoms with Gasteiger partial charge in [-0.1, -0.05) is 29.8 Å². The van der Waals surface area contributed by atoms with Crippen molar-refractivity contribution in [1.29, 1.82) is 0 Å². The Morgan fingerprint density at radius 3 is 2.53 bits per heavy atom. The molecule has 9 heteroatoms. The summed E-state index contributed by atoms with van der Waals surface area (Å²) in [7, 11) is 0. The minimum Gasteiger partial charge on any atom is -0.451 e. The molecule has 0 aliphatic carbocycles. The van der Waals surface area contributed by atoms with E-state index in [2.05, 4.69) is 15.1 Å². The fourth-order valence-electron chi connectivity index (χ4n) is 3.65. The first-order chi connectivity index (χ1) is 15.2. The average molecular weight is 452 g/mol. The molecule has 8 nitrogen and oxygen atoms in total. The van der Waals surface area contributed by atoms with E-state index in [-0.39, 0.29) is 11.6 Å². The minimum atomic E-state index is -0.772. The van der Waals surface area contributed by atoms with Crippen molar-refractivity contribution in [3.8, 4) is 0 Å². The summed E-state index contributed by atoms with van der Waals surface area (Å²) in [5.74, 6) is -0.899.